The van der Waals surface area contributed by atoms with Crippen LogP contribution in [0.25, 0.3) is 0 Å². The molecule has 15 heavy (non-hydrogen) atoms. The smallest absolute Gasteiger partial charge is 0.410 e. The molecule has 0 atom stereocenters. The summed E-state index contributed by atoms with van der Waals surface area (Å²) in [5.41, 5.74) is 0.605. The Kier molecular flexibility index (Phi) is 5.73. The zero-order valence-electron chi connectivity index (χ0n) is 10.1. The Balaban J connectivity index is 4.17. The van der Waals surface area contributed by atoms with Crippen molar-refractivity contribution in [1.29, 1.82) is 0 Å². The van der Waals surface area contributed by atoms with Gasteiger partial charge in [0.25, 0.3) is 0 Å². The van der Waals surface area contributed by atoms with Crippen molar-refractivity contribution in [3.05, 3.63) is 11.6 Å². The first-order valence-electron chi connectivity index (χ1n) is 4.92. The highest BCUT2D eigenvalue weighted by atomic mass is 35.5. The average molecular weight is 234 g/mol. The molecule has 0 aliphatic carbocycles. The number of nitrogens with zero attached hydrogens (tertiary/aromatic N) is 1. The average Bonchev–Trinajstić information content (AvgIpc) is 2.00. The van der Waals surface area contributed by atoms with Crippen LogP contribution in [0.3, 0.4) is 0 Å². The zero-order chi connectivity index (χ0) is 12.1. The van der Waals surface area contributed by atoms with Crippen molar-refractivity contribution >= 4 is 17.7 Å². The molecular weight excluding hydrogens is 214 g/mol. The van der Waals surface area contributed by atoms with E-state index in [4.69, 9.17) is 16.3 Å². The fourth-order valence-corrected chi connectivity index (χ4v) is 1.24. The predicted molar refractivity (Wildman–Crippen MR) is 63.3 cm³/mol. The third-order valence-corrected chi connectivity index (χ3v) is 1.77. The number of rotatable bonds is 3. The molecule has 0 aliphatic heterocycles. The van der Waals surface area contributed by atoms with Crippen LogP contribution in [0, 0.1) is 0 Å². The Morgan fingerprint density at radius 2 is 2.00 bits per heavy atom. The van der Waals surface area contributed by atoms with Gasteiger partial charge in [-0.3, -0.25) is 0 Å². The van der Waals surface area contributed by atoms with Gasteiger partial charge < -0.3 is 9.64 Å². The molecule has 0 rings (SSSR count). The first kappa shape index (κ1) is 14.3. The van der Waals surface area contributed by atoms with Gasteiger partial charge in [-0.1, -0.05) is 11.6 Å². The summed E-state index contributed by atoms with van der Waals surface area (Å²) in [6.07, 6.45) is 1.56. The summed E-state index contributed by atoms with van der Waals surface area (Å²) >= 11 is 5.55. The number of likely N-dealkylation sites (N-methyl/N-ethyl adjacent to an activating group) is 1. The molecule has 3 nitrogen and oxygen atoms in total. The molecule has 0 aromatic rings. The third-order valence-electron chi connectivity index (χ3n) is 1.62. The van der Waals surface area contributed by atoms with Gasteiger partial charge in [0.2, 0.25) is 0 Å². The van der Waals surface area contributed by atoms with Crippen molar-refractivity contribution in [3.8, 4) is 0 Å². The van der Waals surface area contributed by atoms with E-state index in [2.05, 4.69) is 0 Å². The standard InChI is InChI=1S/C11H20ClNO2/c1-9(6-7-12)8-13(5)10(14)15-11(2,3)4/h6H,7-8H2,1-5H3/b9-6-. The second-order valence-corrected chi connectivity index (χ2v) is 4.85. The molecule has 88 valence electrons. The van der Waals surface area contributed by atoms with Crippen LogP contribution in [-0.4, -0.2) is 36.1 Å². The second-order valence-electron chi connectivity index (χ2n) is 4.54. The highest BCUT2D eigenvalue weighted by Crippen LogP contribution is 2.09. The highest BCUT2D eigenvalue weighted by molar-refractivity contribution is 6.18. The second kappa shape index (κ2) is 6.01. The van der Waals surface area contributed by atoms with E-state index in [0.29, 0.717) is 12.4 Å². The number of carbonyl (C=O) groups excluding carboxylic acids is 1. The van der Waals surface area contributed by atoms with Gasteiger partial charge in [-0.15, -0.1) is 11.6 Å². The van der Waals surface area contributed by atoms with Gasteiger partial charge in [0, 0.05) is 19.5 Å². The van der Waals surface area contributed by atoms with Crippen LogP contribution in [0.4, 0.5) is 4.79 Å². The minimum atomic E-state index is -0.449. The Bertz CT molecular complexity index is 243. The molecule has 0 fully saturated rings. The third kappa shape index (κ3) is 7.25. The number of hydrogen-bond acceptors (Lipinski definition) is 2. The number of alkyl halides is 1. The molecule has 0 unspecified atom stereocenters. The van der Waals surface area contributed by atoms with Gasteiger partial charge in [-0.25, -0.2) is 4.79 Å². The van der Waals surface area contributed by atoms with Crippen molar-refractivity contribution in [3.63, 3.8) is 0 Å². The van der Waals surface area contributed by atoms with Gasteiger partial charge in [0.05, 0.1) is 0 Å². The number of allylic oxidation sites excluding steroid dienone is 1. The molecule has 0 heterocycles. The van der Waals surface area contributed by atoms with Crippen LogP contribution >= 0.6 is 11.6 Å². The van der Waals surface area contributed by atoms with Crippen molar-refractivity contribution < 1.29 is 9.53 Å². The normalized spacial score (nSPS) is 12.5. The van der Waals surface area contributed by atoms with Crippen molar-refractivity contribution in [2.45, 2.75) is 33.3 Å². The summed E-state index contributed by atoms with van der Waals surface area (Å²) in [5, 5.41) is 0. The number of amides is 1. The van der Waals surface area contributed by atoms with E-state index in [0.717, 1.165) is 5.57 Å². The topological polar surface area (TPSA) is 29.5 Å². The molecule has 0 aromatic heterocycles. The van der Waals surface area contributed by atoms with E-state index in [-0.39, 0.29) is 6.09 Å². The zero-order valence-corrected chi connectivity index (χ0v) is 10.9. The van der Waals surface area contributed by atoms with E-state index in [1.54, 1.807) is 7.05 Å². The van der Waals surface area contributed by atoms with Gasteiger partial charge in [0.15, 0.2) is 0 Å². The number of carbonyl (C=O) groups is 1. The van der Waals surface area contributed by atoms with Crippen LogP contribution in [0.2, 0.25) is 0 Å². The van der Waals surface area contributed by atoms with Crippen LogP contribution < -0.4 is 0 Å². The Morgan fingerprint density at radius 3 is 2.40 bits per heavy atom. The summed E-state index contributed by atoms with van der Waals surface area (Å²) in [5.74, 6) is 0.466. The van der Waals surface area contributed by atoms with E-state index in [1.807, 2.05) is 33.8 Å². The molecule has 0 N–H and O–H groups in total. The summed E-state index contributed by atoms with van der Waals surface area (Å²) < 4.78 is 5.21. The molecule has 4 heteroatoms. The maximum absolute atomic E-state index is 11.5. The first-order chi connectivity index (χ1) is 6.76. The number of ether oxygens (including phenoxy) is 1. The fourth-order valence-electron chi connectivity index (χ4n) is 0.975. The summed E-state index contributed by atoms with van der Waals surface area (Å²) in [7, 11) is 1.71. The number of halogens is 1. The minimum Gasteiger partial charge on any atom is -0.444 e. The van der Waals surface area contributed by atoms with Crippen LogP contribution in [0.1, 0.15) is 27.7 Å². The highest BCUT2D eigenvalue weighted by Gasteiger charge is 2.19. The monoisotopic (exact) mass is 233 g/mol. The first-order valence-corrected chi connectivity index (χ1v) is 5.45. The predicted octanol–water partition coefficient (Wildman–Crippen LogP) is 3.04. The molecule has 1 amide bonds. The Labute approximate surface area is 97.0 Å². The maximum atomic E-state index is 11.5. The molecule has 0 aliphatic rings. The van der Waals surface area contributed by atoms with Gasteiger partial charge in [-0.2, -0.15) is 0 Å². The SMILES string of the molecule is C/C(=C/CCl)CN(C)C(=O)OC(C)(C)C. The summed E-state index contributed by atoms with van der Waals surface area (Å²) in [4.78, 5) is 13.1. The molecule has 0 saturated carbocycles. The van der Waals surface area contributed by atoms with E-state index < -0.39 is 5.60 Å². The molecule has 0 aromatic carbocycles. The lowest BCUT2D eigenvalue weighted by Gasteiger charge is -2.24. The van der Waals surface area contributed by atoms with Crippen LogP contribution in [0.5, 0.6) is 0 Å². The number of hydrogen-bond donors (Lipinski definition) is 0. The quantitative estimate of drug-likeness (QED) is 0.554. The Hall–Kier alpha value is -0.700. The molecular formula is C11H20ClNO2. The molecule has 0 radical (unpaired) electrons. The molecule has 0 bridgehead atoms. The van der Waals surface area contributed by atoms with Crippen LogP contribution in [-0.2, 0) is 4.74 Å². The van der Waals surface area contributed by atoms with E-state index in [1.165, 1.54) is 4.90 Å². The van der Waals surface area contributed by atoms with Crippen molar-refractivity contribution in [2.75, 3.05) is 19.5 Å². The lowest BCUT2D eigenvalue weighted by Crippen LogP contribution is -2.35. The van der Waals surface area contributed by atoms with E-state index >= 15 is 0 Å². The van der Waals surface area contributed by atoms with E-state index in [9.17, 15) is 4.79 Å². The lowest BCUT2D eigenvalue weighted by atomic mass is 10.2. The fraction of sp³-hybridized carbons (Fsp3) is 0.727. The molecule has 0 saturated heterocycles. The van der Waals surface area contributed by atoms with Gasteiger partial charge in [0.1, 0.15) is 5.60 Å². The molecule has 0 spiro atoms. The Morgan fingerprint density at radius 1 is 1.47 bits per heavy atom. The maximum Gasteiger partial charge on any atom is 0.410 e. The van der Waals surface area contributed by atoms with Crippen molar-refractivity contribution in [2.24, 2.45) is 0 Å². The lowest BCUT2D eigenvalue weighted by molar-refractivity contribution is 0.0313. The summed E-state index contributed by atoms with van der Waals surface area (Å²) in [6, 6.07) is 0. The van der Waals surface area contributed by atoms with Gasteiger partial charge in [-0.05, 0) is 27.7 Å². The minimum absolute atomic E-state index is 0.315. The van der Waals surface area contributed by atoms with Crippen molar-refractivity contribution in [1.82, 2.24) is 4.90 Å². The summed E-state index contributed by atoms with van der Waals surface area (Å²) in [6.45, 7) is 8.02. The van der Waals surface area contributed by atoms with Crippen LogP contribution in [0.15, 0.2) is 11.6 Å². The van der Waals surface area contributed by atoms with Gasteiger partial charge >= 0.3 is 6.09 Å². The largest absolute Gasteiger partial charge is 0.444 e.